The molecule has 0 aliphatic carbocycles. The molecule has 9 heteroatoms. The number of hydrogen-bond donors (Lipinski definition) is 2. The first kappa shape index (κ1) is 12.3. The molecule has 0 saturated carbocycles. The van der Waals surface area contributed by atoms with Crippen LogP contribution in [0.25, 0.3) is 0 Å². The Morgan fingerprint density at radius 3 is 3.06 bits per heavy atom. The van der Waals surface area contributed by atoms with Gasteiger partial charge in [0, 0.05) is 7.11 Å². The topological polar surface area (TPSA) is 116 Å². The second-order valence-corrected chi connectivity index (χ2v) is 3.71. The summed E-state index contributed by atoms with van der Waals surface area (Å²) >= 11 is 0. The van der Waals surface area contributed by atoms with Gasteiger partial charge in [-0.2, -0.15) is 0 Å². The number of carboxylic acid groups (broad SMARTS) is 1. The van der Waals surface area contributed by atoms with E-state index < -0.39 is 18.2 Å². The third-order valence-corrected chi connectivity index (χ3v) is 2.45. The SMILES string of the molecule is COCc1c(C(=O)O)nnn1CC1CNC(=O)O1. The van der Waals surface area contributed by atoms with Gasteiger partial charge in [-0.25, -0.2) is 14.3 Å². The number of methoxy groups -OCH3 is 1. The van der Waals surface area contributed by atoms with Crippen molar-refractivity contribution in [2.24, 2.45) is 0 Å². The summed E-state index contributed by atoms with van der Waals surface area (Å²) in [6.45, 7) is 0.661. The fourth-order valence-corrected chi connectivity index (χ4v) is 1.65. The zero-order valence-electron chi connectivity index (χ0n) is 9.62. The van der Waals surface area contributed by atoms with Crippen LogP contribution in [0.5, 0.6) is 0 Å². The Balaban J connectivity index is 2.16. The first-order valence-corrected chi connectivity index (χ1v) is 5.21. The number of ether oxygens (including phenoxy) is 2. The van der Waals surface area contributed by atoms with Crippen molar-refractivity contribution >= 4 is 12.1 Å². The maximum atomic E-state index is 10.9. The summed E-state index contributed by atoms with van der Waals surface area (Å²) in [5, 5.41) is 18.7. The molecule has 0 radical (unpaired) electrons. The van der Waals surface area contributed by atoms with E-state index in [0.29, 0.717) is 12.2 Å². The van der Waals surface area contributed by atoms with E-state index in [-0.39, 0.29) is 18.8 Å². The second-order valence-electron chi connectivity index (χ2n) is 3.71. The molecule has 1 aromatic rings. The van der Waals surface area contributed by atoms with Crippen molar-refractivity contribution in [3.05, 3.63) is 11.4 Å². The van der Waals surface area contributed by atoms with Crippen LogP contribution in [-0.2, 0) is 22.6 Å². The summed E-state index contributed by atoms with van der Waals surface area (Å²) in [6.07, 6.45) is -0.886. The van der Waals surface area contributed by atoms with Crippen molar-refractivity contribution < 1.29 is 24.2 Å². The number of amides is 1. The lowest BCUT2D eigenvalue weighted by Gasteiger charge is -2.10. The zero-order valence-corrected chi connectivity index (χ0v) is 9.62. The number of aromatic carboxylic acids is 1. The fourth-order valence-electron chi connectivity index (χ4n) is 1.65. The molecule has 0 bridgehead atoms. The van der Waals surface area contributed by atoms with Gasteiger partial charge in [0.05, 0.1) is 25.4 Å². The summed E-state index contributed by atoms with van der Waals surface area (Å²) < 4.78 is 11.2. The number of nitrogens with zero attached hydrogens (tertiary/aromatic N) is 3. The fraction of sp³-hybridized carbons (Fsp3) is 0.556. The summed E-state index contributed by atoms with van der Waals surface area (Å²) in [7, 11) is 1.44. The lowest BCUT2D eigenvalue weighted by atomic mass is 10.3. The number of hydrogen-bond acceptors (Lipinski definition) is 6. The van der Waals surface area contributed by atoms with Crippen LogP contribution in [0.4, 0.5) is 4.79 Å². The molecule has 1 fully saturated rings. The lowest BCUT2D eigenvalue weighted by molar-refractivity contribution is 0.0683. The first-order chi connectivity index (χ1) is 8.61. The molecule has 0 spiro atoms. The number of nitrogens with one attached hydrogen (secondary N) is 1. The van der Waals surface area contributed by atoms with Crippen LogP contribution >= 0.6 is 0 Å². The summed E-state index contributed by atoms with van der Waals surface area (Å²) in [6, 6.07) is 0. The van der Waals surface area contributed by atoms with Crippen LogP contribution in [0.1, 0.15) is 16.2 Å². The van der Waals surface area contributed by atoms with Crippen LogP contribution in [0, 0.1) is 0 Å². The van der Waals surface area contributed by atoms with Crippen molar-refractivity contribution in [3.8, 4) is 0 Å². The molecular formula is C9H12N4O5. The predicted octanol–water partition coefficient (Wildman–Crippen LogP) is -0.769. The zero-order chi connectivity index (χ0) is 13.1. The molecule has 18 heavy (non-hydrogen) atoms. The van der Waals surface area contributed by atoms with E-state index in [2.05, 4.69) is 15.6 Å². The van der Waals surface area contributed by atoms with Gasteiger partial charge in [-0.15, -0.1) is 5.10 Å². The number of carboxylic acids is 1. The van der Waals surface area contributed by atoms with Crippen molar-refractivity contribution in [3.63, 3.8) is 0 Å². The van der Waals surface area contributed by atoms with Gasteiger partial charge in [-0.3, -0.25) is 0 Å². The van der Waals surface area contributed by atoms with E-state index in [1.807, 2.05) is 0 Å². The minimum atomic E-state index is -1.17. The minimum Gasteiger partial charge on any atom is -0.476 e. The minimum absolute atomic E-state index is 0.0722. The molecule has 1 amide bonds. The van der Waals surface area contributed by atoms with Crippen LogP contribution in [0.3, 0.4) is 0 Å². The number of rotatable bonds is 5. The average molecular weight is 256 g/mol. The Kier molecular flexibility index (Phi) is 3.42. The molecule has 2 heterocycles. The molecule has 1 atom stereocenters. The van der Waals surface area contributed by atoms with Gasteiger partial charge in [-0.1, -0.05) is 5.21 Å². The van der Waals surface area contributed by atoms with Gasteiger partial charge in [-0.05, 0) is 0 Å². The third-order valence-electron chi connectivity index (χ3n) is 2.45. The monoisotopic (exact) mass is 256 g/mol. The van der Waals surface area contributed by atoms with E-state index in [1.165, 1.54) is 11.8 Å². The molecule has 0 aromatic carbocycles. The highest BCUT2D eigenvalue weighted by atomic mass is 16.6. The molecular weight excluding hydrogens is 244 g/mol. The largest absolute Gasteiger partial charge is 0.476 e. The molecule has 1 unspecified atom stereocenters. The second kappa shape index (κ2) is 5.00. The molecule has 98 valence electrons. The van der Waals surface area contributed by atoms with Crippen molar-refractivity contribution in [1.29, 1.82) is 0 Å². The van der Waals surface area contributed by atoms with E-state index in [0.717, 1.165) is 0 Å². The molecule has 1 saturated heterocycles. The normalized spacial score (nSPS) is 18.5. The Morgan fingerprint density at radius 1 is 1.72 bits per heavy atom. The van der Waals surface area contributed by atoms with Crippen LogP contribution in [0.15, 0.2) is 0 Å². The third kappa shape index (κ3) is 2.40. The first-order valence-electron chi connectivity index (χ1n) is 5.21. The number of carbonyl (C=O) groups is 2. The van der Waals surface area contributed by atoms with Gasteiger partial charge in [0.15, 0.2) is 5.69 Å². The number of cyclic esters (lactones) is 1. The maximum absolute atomic E-state index is 10.9. The number of alkyl carbamates (subject to hydrolysis) is 1. The molecule has 2 rings (SSSR count). The number of aromatic nitrogens is 3. The Labute approximate surface area is 102 Å². The summed E-state index contributed by atoms with van der Waals surface area (Å²) in [5.41, 5.74) is 0.182. The lowest BCUT2D eigenvalue weighted by Crippen LogP contribution is -2.23. The van der Waals surface area contributed by atoms with Gasteiger partial charge in [0.2, 0.25) is 0 Å². The van der Waals surface area contributed by atoms with Crippen LogP contribution < -0.4 is 5.32 Å². The highest BCUT2D eigenvalue weighted by Crippen LogP contribution is 2.10. The molecule has 1 aliphatic heterocycles. The number of carbonyl (C=O) groups excluding carboxylic acids is 1. The van der Waals surface area contributed by atoms with Crippen molar-refractivity contribution in [2.45, 2.75) is 19.3 Å². The summed E-state index contributed by atoms with van der Waals surface area (Å²) in [5.74, 6) is -1.17. The molecule has 1 aliphatic rings. The molecule has 1 aromatic heterocycles. The molecule has 2 N–H and O–H groups in total. The van der Waals surface area contributed by atoms with Gasteiger partial charge < -0.3 is 19.9 Å². The smallest absolute Gasteiger partial charge is 0.407 e. The Morgan fingerprint density at radius 2 is 2.50 bits per heavy atom. The van der Waals surface area contributed by atoms with Crippen LogP contribution in [-0.4, -0.2) is 51.9 Å². The van der Waals surface area contributed by atoms with E-state index >= 15 is 0 Å². The van der Waals surface area contributed by atoms with E-state index in [4.69, 9.17) is 14.6 Å². The maximum Gasteiger partial charge on any atom is 0.407 e. The van der Waals surface area contributed by atoms with Crippen molar-refractivity contribution in [1.82, 2.24) is 20.3 Å². The Hall–Kier alpha value is -2.16. The standard InChI is InChI=1S/C9H12N4O5/c1-17-4-6-7(8(14)15)11-12-13(6)3-5-2-10-9(16)18-5/h5H,2-4H2,1H3,(H,10,16)(H,14,15). The quantitative estimate of drug-likeness (QED) is 0.710. The van der Waals surface area contributed by atoms with E-state index in [9.17, 15) is 9.59 Å². The molecule has 9 nitrogen and oxygen atoms in total. The summed E-state index contributed by atoms with van der Waals surface area (Å²) in [4.78, 5) is 21.8. The average Bonchev–Trinajstić information content (AvgIpc) is 2.88. The highest BCUT2D eigenvalue weighted by molar-refractivity contribution is 5.86. The van der Waals surface area contributed by atoms with Crippen LogP contribution in [0.2, 0.25) is 0 Å². The van der Waals surface area contributed by atoms with Gasteiger partial charge >= 0.3 is 12.1 Å². The Bertz CT molecular complexity index is 472. The predicted molar refractivity (Wildman–Crippen MR) is 56.0 cm³/mol. The van der Waals surface area contributed by atoms with Crippen molar-refractivity contribution in [2.75, 3.05) is 13.7 Å². The van der Waals surface area contributed by atoms with Gasteiger partial charge in [0.25, 0.3) is 0 Å². The van der Waals surface area contributed by atoms with Gasteiger partial charge in [0.1, 0.15) is 6.10 Å². The van der Waals surface area contributed by atoms with E-state index in [1.54, 1.807) is 0 Å². The highest BCUT2D eigenvalue weighted by Gasteiger charge is 2.26.